The number of sulfonamides is 1. The molecule has 1 N–H and O–H groups in total. The number of fused-ring (bicyclic) bond motifs is 1. The number of nitrogens with one attached hydrogen (secondary N) is 1. The molecule has 0 spiro atoms. The van der Waals surface area contributed by atoms with Crippen LogP contribution in [0.2, 0.25) is 0 Å². The van der Waals surface area contributed by atoms with Gasteiger partial charge in [0.15, 0.2) is 0 Å². The summed E-state index contributed by atoms with van der Waals surface area (Å²) >= 11 is 0. The van der Waals surface area contributed by atoms with E-state index in [-0.39, 0.29) is 47.8 Å². The van der Waals surface area contributed by atoms with E-state index in [1.165, 1.54) is 0 Å². The molecule has 2 aliphatic heterocycles. The van der Waals surface area contributed by atoms with Gasteiger partial charge in [-0.1, -0.05) is 12.8 Å². The summed E-state index contributed by atoms with van der Waals surface area (Å²) in [6, 6.07) is 0.100. The van der Waals surface area contributed by atoms with Gasteiger partial charge in [-0.25, -0.2) is 13.1 Å². The molecule has 2 saturated heterocycles. The van der Waals surface area contributed by atoms with Crippen molar-refractivity contribution in [2.24, 2.45) is 11.8 Å². The van der Waals surface area contributed by atoms with Gasteiger partial charge in [0.25, 0.3) is 5.91 Å². The van der Waals surface area contributed by atoms with Gasteiger partial charge in [-0.2, -0.15) is 0 Å². The lowest BCUT2D eigenvalue weighted by atomic mass is 9.68. The summed E-state index contributed by atoms with van der Waals surface area (Å²) in [5.41, 5.74) is 0. The summed E-state index contributed by atoms with van der Waals surface area (Å²) in [5.74, 6) is 1.19. The van der Waals surface area contributed by atoms with E-state index in [1.54, 1.807) is 13.8 Å². The molecule has 0 bridgehead atoms. The van der Waals surface area contributed by atoms with Crippen molar-refractivity contribution >= 4 is 21.8 Å². The van der Waals surface area contributed by atoms with Gasteiger partial charge in [0.2, 0.25) is 15.9 Å². The summed E-state index contributed by atoms with van der Waals surface area (Å²) < 4.78 is 32.9. The average Bonchev–Trinajstić information content (AvgIpc) is 3.32. The molecule has 2 saturated carbocycles. The van der Waals surface area contributed by atoms with Crippen molar-refractivity contribution < 1.29 is 22.7 Å². The minimum atomic E-state index is -3.21. The zero-order chi connectivity index (χ0) is 23.8. The van der Waals surface area contributed by atoms with Crippen LogP contribution in [0.1, 0.15) is 78.6 Å². The van der Waals surface area contributed by atoms with Crippen LogP contribution in [0.15, 0.2) is 0 Å². The zero-order valence-corrected chi connectivity index (χ0v) is 21.2. The number of carbonyl (C=O) groups is 2. The first-order chi connectivity index (χ1) is 15.7. The normalized spacial score (nSPS) is 37.6. The topological polar surface area (TPSA) is 96.0 Å². The number of ether oxygens (including phenoxy) is 1. The number of hydrogen-bond donors (Lipinski definition) is 1. The van der Waals surface area contributed by atoms with Crippen molar-refractivity contribution in [3.8, 4) is 0 Å². The Bertz CT molecular complexity index is 828. The minimum absolute atomic E-state index is 0.00756. The number of hydrogen-bond acceptors (Lipinski definition) is 5. The van der Waals surface area contributed by atoms with Crippen molar-refractivity contribution in [3.63, 3.8) is 0 Å². The van der Waals surface area contributed by atoms with Crippen LogP contribution >= 0.6 is 0 Å². The largest absolute Gasteiger partial charge is 0.368 e. The Hall–Kier alpha value is -1.19. The Kier molecular flexibility index (Phi) is 7.70. The summed E-state index contributed by atoms with van der Waals surface area (Å²) in [7, 11) is -3.21. The Labute approximate surface area is 198 Å². The van der Waals surface area contributed by atoms with Crippen LogP contribution in [0.3, 0.4) is 0 Å². The second-order valence-corrected chi connectivity index (χ2v) is 12.7. The van der Waals surface area contributed by atoms with Crippen molar-refractivity contribution in [1.29, 1.82) is 0 Å². The lowest BCUT2D eigenvalue weighted by Crippen LogP contribution is -2.68. The molecule has 4 aliphatic rings. The highest BCUT2D eigenvalue weighted by molar-refractivity contribution is 7.89. The molecule has 188 valence electrons. The van der Waals surface area contributed by atoms with Crippen molar-refractivity contribution in [2.45, 2.75) is 109 Å². The third kappa shape index (κ3) is 5.40. The van der Waals surface area contributed by atoms with E-state index in [2.05, 4.69) is 4.72 Å². The molecule has 0 aromatic heterocycles. The van der Waals surface area contributed by atoms with Crippen LogP contribution in [0.25, 0.3) is 0 Å². The number of rotatable bonds is 5. The number of carbonyl (C=O) groups excluding carboxylic acids is 2. The smallest absolute Gasteiger partial charge is 0.252 e. The van der Waals surface area contributed by atoms with Gasteiger partial charge in [0.05, 0.1) is 17.8 Å². The first-order valence-electron chi connectivity index (χ1n) is 12.9. The molecule has 4 fully saturated rings. The highest BCUT2D eigenvalue weighted by atomic mass is 32.2. The molecule has 4 rings (SSSR count). The van der Waals surface area contributed by atoms with E-state index in [1.807, 2.05) is 16.7 Å². The van der Waals surface area contributed by atoms with Gasteiger partial charge in [0.1, 0.15) is 6.10 Å². The van der Waals surface area contributed by atoms with Crippen LogP contribution in [0.5, 0.6) is 0 Å². The third-order valence-electron chi connectivity index (χ3n) is 8.47. The van der Waals surface area contributed by atoms with Gasteiger partial charge < -0.3 is 14.5 Å². The van der Waals surface area contributed by atoms with Gasteiger partial charge >= 0.3 is 0 Å². The van der Waals surface area contributed by atoms with E-state index in [9.17, 15) is 18.0 Å². The maximum Gasteiger partial charge on any atom is 0.252 e. The Morgan fingerprint density at radius 2 is 1.76 bits per heavy atom. The van der Waals surface area contributed by atoms with E-state index >= 15 is 0 Å². The molecule has 0 aromatic rings. The molecule has 9 heteroatoms. The van der Waals surface area contributed by atoms with E-state index in [4.69, 9.17) is 4.74 Å². The maximum atomic E-state index is 13.4. The second kappa shape index (κ2) is 10.2. The van der Waals surface area contributed by atoms with Crippen LogP contribution in [-0.2, 0) is 24.3 Å². The molecule has 0 aromatic carbocycles. The maximum absolute atomic E-state index is 13.4. The molecule has 33 heavy (non-hydrogen) atoms. The second-order valence-electron chi connectivity index (χ2n) is 10.6. The van der Waals surface area contributed by atoms with Gasteiger partial charge in [-0.05, 0) is 70.6 Å². The molecular weight excluding hydrogens is 442 g/mol. The van der Waals surface area contributed by atoms with E-state index in [0.717, 1.165) is 57.8 Å². The van der Waals surface area contributed by atoms with Crippen LogP contribution < -0.4 is 4.72 Å². The van der Waals surface area contributed by atoms with Crippen molar-refractivity contribution in [2.75, 3.05) is 18.9 Å². The van der Waals surface area contributed by atoms with Crippen LogP contribution in [0, 0.1) is 11.8 Å². The highest BCUT2D eigenvalue weighted by Gasteiger charge is 2.48. The number of piperazine rings is 1. The molecule has 2 heterocycles. The molecule has 8 nitrogen and oxygen atoms in total. The first-order valence-corrected chi connectivity index (χ1v) is 14.6. The number of nitrogens with zero attached hydrogens (tertiary/aromatic N) is 2. The lowest BCUT2D eigenvalue weighted by Gasteiger charge is -2.55. The lowest BCUT2D eigenvalue weighted by molar-refractivity contribution is -0.160. The van der Waals surface area contributed by atoms with Crippen molar-refractivity contribution in [1.82, 2.24) is 14.5 Å². The average molecular weight is 484 g/mol. The fraction of sp³-hybridized carbons (Fsp3) is 0.917. The third-order valence-corrected chi connectivity index (χ3v) is 9.93. The first kappa shape index (κ1) is 24.9. The predicted octanol–water partition coefficient (Wildman–Crippen LogP) is 2.28. The predicted molar refractivity (Wildman–Crippen MR) is 126 cm³/mol. The Morgan fingerprint density at radius 3 is 2.42 bits per heavy atom. The molecule has 2 aliphatic carbocycles. The van der Waals surface area contributed by atoms with Crippen LogP contribution in [-0.4, -0.2) is 79.2 Å². The summed E-state index contributed by atoms with van der Waals surface area (Å²) in [4.78, 5) is 30.0. The molecular formula is C24H41N3O5S. The quantitative estimate of drug-likeness (QED) is 0.647. The van der Waals surface area contributed by atoms with E-state index in [0.29, 0.717) is 25.0 Å². The molecule has 0 radical (unpaired) electrons. The standard InChI is InChI=1S/C24H41N3O5S/c1-4-33(30,31)25-20-8-5-7-18(13-20)19-10-11-21-22(14-19)26(15-16(2)27(21)17(3)28)24(29)23-9-6-12-32-23/h16,18-23,25H,4-15H2,1-3H3/t16-,18?,19?,20?,21?,22?,23?/m0/s1. The number of amides is 2. The Morgan fingerprint density at radius 1 is 1.00 bits per heavy atom. The fourth-order valence-corrected chi connectivity index (χ4v) is 7.83. The minimum Gasteiger partial charge on any atom is -0.368 e. The SMILES string of the molecule is CCS(=O)(=O)NC1CCCC(C2CCC3C(C2)N(C(=O)C2CCCO2)C[C@H](C)N3C(C)=O)C1. The Balaban J connectivity index is 1.50. The van der Waals surface area contributed by atoms with E-state index < -0.39 is 10.0 Å². The molecule has 7 atom stereocenters. The summed E-state index contributed by atoms with van der Waals surface area (Å²) in [5, 5.41) is 0. The monoisotopic (exact) mass is 483 g/mol. The summed E-state index contributed by atoms with van der Waals surface area (Å²) in [6.45, 7) is 6.57. The highest BCUT2D eigenvalue weighted by Crippen LogP contribution is 2.43. The van der Waals surface area contributed by atoms with Gasteiger partial charge in [0, 0.05) is 32.2 Å². The molecule has 6 unspecified atom stereocenters. The summed E-state index contributed by atoms with van der Waals surface area (Å²) in [6.07, 6.45) is 8.08. The molecule has 2 amide bonds. The fourth-order valence-electron chi connectivity index (χ4n) is 6.94. The van der Waals surface area contributed by atoms with Crippen molar-refractivity contribution in [3.05, 3.63) is 0 Å². The van der Waals surface area contributed by atoms with Gasteiger partial charge in [-0.15, -0.1) is 0 Å². The van der Waals surface area contributed by atoms with Crippen LogP contribution in [0.4, 0.5) is 0 Å². The van der Waals surface area contributed by atoms with Gasteiger partial charge in [-0.3, -0.25) is 9.59 Å². The zero-order valence-electron chi connectivity index (χ0n) is 20.4.